The van der Waals surface area contributed by atoms with Crippen molar-refractivity contribution < 1.29 is 9.47 Å². The summed E-state index contributed by atoms with van der Waals surface area (Å²) in [5, 5.41) is 0. The summed E-state index contributed by atoms with van der Waals surface area (Å²) in [6.45, 7) is 0.816. The molecule has 4 heteroatoms. The highest BCUT2D eigenvalue weighted by Gasteiger charge is 2.06. The van der Waals surface area contributed by atoms with E-state index in [0.29, 0.717) is 0 Å². The summed E-state index contributed by atoms with van der Waals surface area (Å²) in [4.78, 5) is 2.09. The topological polar surface area (TPSA) is 21.7 Å². The number of benzene rings is 1. The molecule has 0 radical (unpaired) electrons. The van der Waals surface area contributed by atoms with Crippen molar-refractivity contribution in [3.63, 3.8) is 0 Å². The Kier molecular flexibility index (Phi) is 4.78. The molecule has 1 aromatic carbocycles. The fraction of sp³-hybridized carbons (Fsp3) is 0.455. The van der Waals surface area contributed by atoms with E-state index in [2.05, 4.69) is 17.5 Å². The third kappa shape index (κ3) is 3.32. The number of rotatable bonds is 5. The maximum absolute atomic E-state index is 5.30. The minimum atomic E-state index is 0.717. The second kappa shape index (κ2) is 5.88. The molecule has 15 heavy (non-hydrogen) atoms. The maximum Gasteiger partial charge on any atom is 0.127 e. The van der Waals surface area contributed by atoms with Gasteiger partial charge in [0.2, 0.25) is 0 Å². The molecule has 0 aliphatic heterocycles. The number of hydrogen-bond acceptors (Lipinski definition) is 4. The first-order valence-electron chi connectivity index (χ1n) is 4.71. The Balaban J connectivity index is 2.87. The highest BCUT2D eigenvalue weighted by molar-refractivity contribution is 7.80. The molecule has 1 rings (SSSR count). The van der Waals surface area contributed by atoms with E-state index in [4.69, 9.17) is 9.47 Å². The second-order valence-corrected chi connectivity index (χ2v) is 3.62. The van der Waals surface area contributed by atoms with E-state index >= 15 is 0 Å². The van der Waals surface area contributed by atoms with Crippen LogP contribution < -0.4 is 9.47 Å². The third-order valence-corrected chi connectivity index (χ3v) is 2.66. The molecule has 3 nitrogen and oxygen atoms in total. The molecular weight excluding hydrogens is 210 g/mol. The average molecular weight is 227 g/mol. The predicted octanol–water partition coefficient (Wildman–Crippen LogP) is 2.02. The fourth-order valence-electron chi connectivity index (χ4n) is 1.32. The lowest BCUT2D eigenvalue weighted by Gasteiger charge is -2.16. The van der Waals surface area contributed by atoms with Gasteiger partial charge < -0.3 is 9.47 Å². The van der Waals surface area contributed by atoms with Crippen molar-refractivity contribution in [1.82, 2.24) is 4.90 Å². The van der Waals surface area contributed by atoms with Gasteiger partial charge in [-0.2, -0.15) is 12.6 Å². The van der Waals surface area contributed by atoms with E-state index < -0.39 is 0 Å². The van der Waals surface area contributed by atoms with Crippen LogP contribution in [0.15, 0.2) is 18.2 Å². The number of nitrogens with zero attached hydrogens (tertiary/aromatic N) is 1. The maximum atomic E-state index is 5.30. The Labute approximate surface area is 96.4 Å². The van der Waals surface area contributed by atoms with Crippen LogP contribution in [0.25, 0.3) is 0 Å². The molecule has 0 bridgehead atoms. The lowest BCUT2D eigenvalue weighted by atomic mass is 10.2. The van der Waals surface area contributed by atoms with Crippen LogP contribution in [0.2, 0.25) is 0 Å². The van der Waals surface area contributed by atoms with Crippen LogP contribution in [0.5, 0.6) is 11.5 Å². The van der Waals surface area contributed by atoms with Crippen LogP contribution in [0, 0.1) is 0 Å². The summed E-state index contributed by atoms with van der Waals surface area (Å²) in [5.41, 5.74) is 1.13. The Hall–Kier alpha value is -0.870. The molecule has 0 heterocycles. The van der Waals surface area contributed by atoms with Gasteiger partial charge in [0.05, 0.1) is 14.2 Å². The van der Waals surface area contributed by atoms with E-state index in [-0.39, 0.29) is 0 Å². The largest absolute Gasteiger partial charge is 0.497 e. The van der Waals surface area contributed by atoms with Crippen LogP contribution in [-0.4, -0.2) is 32.0 Å². The lowest BCUT2D eigenvalue weighted by molar-refractivity contribution is 0.359. The molecule has 0 unspecified atom stereocenters. The summed E-state index contributed by atoms with van der Waals surface area (Å²) in [6.07, 6.45) is 0. The van der Waals surface area contributed by atoms with E-state index in [1.165, 1.54) is 0 Å². The number of methoxy groups -OCH3 is 2. The molecule has 0 aromatic heterocycles. The van der Waals surface area contributed by atoms with E-state index in [0.717, 1.165) is 29.5 Å². The smallest absolute Gasteiger partial charge is 0.127 e. The molecule has 0 saturated carbocycles. The molecule has 84 valence electrons. The molecule has 0 aliphatic rings. The lowest BCUT2D eigenvalue weighted by Crippen LogP contribution is -2.15. The predicted molar refractivity (Wildman–Crippen MR) is 64.9 cm³/mol. The first-order chi connectivity index (χ1) is 7.21. The van der Waals surface area contributed by atoms with E-state index in [1.807, 2.05) is 25.2 Å². The Morgan fingerprint density at radius 2 is 2.00 bits per heavy atom. The highest BCUT2D eigenvalue weighted by atomic mass is 32.1. The van der Waals surface area contributed by atoms with Gasteiger partial charge in [0.25, 0.3) is 0 Å². The molecule has 0 saturated heterocycles. The second-order valence-electron chi connectivity index (χ2n) is 3.33. The SMILES string of the molecule is COc1ccc(CN(C)CS)c(OC)c1. The first-order valence-corrected chi connectivity index (χ1v) is 5.34. The number of hydrogen-bond donors (Lipinski definition) is 1. The van der Waals surface area contributed by atoms with E-state index in [1.54, 1.807) is 14.2 Å². The summed E-state index contributed by atoms with van der Waals surface area (Å²) in [5.74, 6) is 2.38. The number of ether oxygens (including phenoxy) is 2. The first kappa shape index (κ1) is 12.2. The normalized spacial score (nSPS) is 10.5. The molecule has 0 aliphatic carbocycles. The molecular formula is C11H17NO2S. The molecule has 0 atom stereocenters. The van der Waals surface area contributed by atoms with Crippen molar-refractivity contribution in [3.8, 4) is 11.5 Å². The van der Waals surface area contributed by atoms with Crippen LogP contribution in [0.3, 0.4) is 0 Å². The van der Waals surface area contributed by atoms with E-state index in [9.17, 15) is 0 Å². The van der Waals surface area contributed by atoms with Gasteiger partial charge in [-0.05, 0) is 13.1 Å². The van der Waals surface area contributed by atoms with Crippen LogP contribution in [0.1, 0.15) is 5.56 Å². The van der Waals surface area contributed by atoms with Crippen molar-refractivity contribution in [3.05, 3.63) is 23.8 Å². The number of thiol groups is 1. The van der Waals surface area contributed by atoms with Crippen molar-refractivity contribution in [1.29, 1.82) is 0 Å². The van der Waals surface area contributed by atoms with Crippen LogP contribution in [-0.2, 0) is 6.54 Å². The Morgan fingerprint density at radius 3 is 2.53 bits per heavy atom. The highest BCUT2D eigenvalue weighted by Crippen LogP contribution is 2.25. The minimum Gasteiger partial charge on any atom is -0.497 e. The van der Waals surface area contributed by atoms with Crippen molar-refractivity contribution in [2.75, 3.05) is 27.1 Å². The van der Waals surface area contributed by atoms with Crippen LogP contribution >= 0.6 is 12.6 Å². The van der Waals surface area contributed by atoms with Crippen molar-refractivity contribution in [2.45, 2.75) is 6.54 Å². The standard InChI is InChI=1S/C11H17NO2S/c1-12(8-15)7-9-4-5-10(13-2)6-11(9)14-3/h4-6,15H,7-8H2,1-3H3. The van der Waals surface area contributed by atoms with Crippen molar-refractivity contribution >= 4 is 12.6 Å². The van der Waals surface area contributed by atoms with Crippen LogP contribution in [0.4, 0.5) is 0 Å². The van der Waals surface area contributed by atoms with Gasteiger partial charge in [-0.25, -0.2) is 0 Å². The quantitative estimate of drug-likeness (QED) is 0.614. The average Bonchev–Trinajstić information content (AvgIpc) is 2.29. The monoisotopic (exact) mass is 227 g/mol. The molecule has 1 aromatic rings. The molecule has 0 N–H and O–H groups in total. The van der Waals surface area contributed by atoms with Gasteiger partial charge in [0.15, 0.2) is 0 Å². The Morgan fingerprint density at radius 1 is 1.27 bits per heavy atom. The Bertz CT molecular complexity index is 317. The zero-order valence-corrected chi connectivity index (χ0v) is 10.3. The summed E-state index contributed by atoms with van der Waals surface area (Å²) in [7, 11) is 5.32. The van der Waals surface area contributed by atoms with Crippen molar-refractivity contribution in [2.24, 2.45) is 0 Å². The van der Waals surface area contributed by atoms with Gasteiger partial charge in [0.1, 0.15) is 11.5 Å². The minimum absolute atomic E-state index is 0.717. The van der Waals surface area contributed by atoms with Gasteiger partial charge in [0, 0.05) is 24.1 Å². The van der Waals surface area contributed by atoms with Gasteiger partial charge in [-0.15, -0.1) is 0 Å². The zero-order valence-electron chi connectivity index (χ0n) is 9.36. The molecule has 0 amide bonds. The van der Waals surface area contributed by atoms with Gasteiger partial charge in [-0.3, -0.25) is 4.90 Å². The third-order valence-electron chi connectivity index (χ3n) is 2.18. The van der Waals surface area contributed by atoms with Gasteiger partial charge in [-0.1, -0.05) is 6.07 Å². The summed E-state index contributed by atoms with van der Waals surface area (Å²) >= 11 is 4.21. The van der Waals surface area contributed by atoms with Gasteiger partial charge >= 0.3 is 0 Å². The summed E-state index contributed by atoms with van der Waals surface area (Å²) < 4.78 is 10.4. The molecule has 0 spiro atoms. The fourth-order valence-corrected chi connectivity index (χ4v) is 1.42. The molecule has 0 fully saturated rings. The zero-order chi connectivity index (χ0) is 11.3. The summed E-state index contributed by atoms with van der Waals surface area (Å²) in [6, 6.07) is 5.84.